The van der Waals surface area contributed by atoms with Crippen LogP contribution in [0.5, 0.6) is 0 Å². The van der Waals surface area contributed by atoms with E-state index in [4.69, 9.17) is 4.74 Å². The van der Waals surface area contributed by atoms with Gasteiger partial charge in [-0.3, -0.25) is 0 Å². The van der Waals surface area contributed by atoms with E-state index in [1.165, 1.54) is 0 Å². The van der Waals surface area contributed by atoms with Gasteiger partial charge in [0, 0.05) is 6.42 Å². The van der Waals surface area contributed by atoms with E-state index in [0.717, 1.165) is 6.42 Å². The fourth-order valence-corrected chi connectivity index (χ4v) is 1.23. The van der Waals surface area contributed by atoms with Crippen molar-refractivity contribution in [3.05, 3.63) is 4.91 Å². The molecular weight excluding hydrogens is 196 g/mol. The number of carbonyl (C=O) groups excluding carboxylic acids is 1. The summed E-state index contributed by atoms with van der Waals surface area (Å²) < 4.78 is 4.39. The number of carbonyl (C=O) groups is 1. The molecule has 0 aromatic carbocycles. The van der Waals surface area contributed by atoms with Crippen LogP contribution in [0.25, 0.3) is 0 Å². The largest absolute Gasteiger partial charge is 0.546 e. The van der Waals surface area contributed by atoms with Crippen molar-refractivity contribution in [2.24, 2.45) is 11.2 Å². The van der Waals surface area contributed by atoms with Gasteiger partial charge < -0.3 is 4.74 Å². The number of quaternary nitrogens is 1. The summed E-state index contributed by atoms with van der Waals surface area (Å²) in [7, 11) is 0. The van der Waals surface area contributed by atoms with Gasteiger partial charge >= 0.3 is 6.09 Å². The fraction of sp³-hybridized carbons (Fsp3) is 0.900. The van der Waals surface area contributed by atoms with Gasteiger partial charge in [0.25, 0.3) is 0 Å². The number of amides is 1. The molecule has 5 heteroatoms. The molecule has 1 unspecified atom stereocenters. The topological polar surface area (TPSA) is 55.7 Å². The molecule has 0 bridgehead atoms. The SMILES string of the molecule is CCOC(=O)[N+](CC)(CCC(C)C)N=O. The number of nitroso groups, excluding NO2 is 1. The molecule has 88 valence electrons. The first-order valence-corrected chi connectivity index (χ1v) is 5.41. The second-order valence-electron chi connectivity index (χ2n) is 3.93. The van der Waals surface area contributed by atoms with Crippen LogP contribution in [-0.2, 0) is 4.74 Å². The van der Waals surface area contributed by atoms with Crippen molar-refractivity contribution in [2.75, 3.05) is 19.7 Å². The number of hydrogen-bond donors (Lipinski definition) is 0. The summed E-state index contributed by atoms with van der Waals surface area (Å²) in [6.45, 7) is 8.59. The Labute approximate surface area is 90.9 Å². The van der Waals surface area contributed by atoms with Gasteiger partial charge in [0.1, 0.15) is 13.1 Å². The summed E-state index contributed by atoms with van der Waals surface area (Å²) in [5.41, 5.74) is 0. The van der Waals surface area contributed by atoms with Gasteiger partial charge in [-0.1, -0.05) is 23.3 Å². The quantitative estimate of drug-likeness (QED) is 0.390. The molecule has 0 aromatic rings. The van der Waals surface area contributed by atoms with Crippen LogP contribution in [0.15, 0.2) is 5.29 Å². The van der Waals surface area contributed by atoms with Crippen molar-refractivity contribution in [3.8, 4) is 0 Å². The third kappa shape index (κ3) is 3.95. The van der Waals surface area contributed by atoms with Gasteiger partial charge in [-0.25, -0.2) is 0 Å². The van der Waals surface area contributed by atoms with Crippen LogP contribution < -0.4 is 0 Å². The highest BCUT2D eigenvalue weighted by Crippen LogP contribution is 2.15. The van der Waals surface area contributed by atoms with Crippen LogP contribution in [0, 0.1) is 10.8 Å². The van der Waals surface area contributed by atoms with Gasteiger partial charge in [0.2, 0.25) is 0 Å². The molecule has 0 aliphatic carbocycles. The Morgan fingerprint density at radius 1 is 1.40 bits per heavy atom. The highest BCUT2D eigenvalue weighted by Gasteiger charge is 2.39. The second-order valence-corrected chi connectivity index (χ2v) is 3.93. The molecule has 0 spiro atoms. The zero-order valence-corrected chi connectivity index (χ0v) is 10.0. The number of hydrogen-bond acceptors (Lipinski definition) is 4. The average molecular weight is 217 g/mol. The summed E-state index contributed by atoms with van der Waals surface area (Å²) in [6, 6.07) is 0. The van der Waals surface area contributed by atoms with Crippen molar-refractivity contribution < 1.29 is 14.1 Å². The highest BCUT2D eigenvalue weighted by molar-refractivity contribution is 5.59. The molecule has 1 atom stereocenters. The number of rotatable bonds is 6. The lowest BCUT2D eigenvalue weighted by Crippen LogP contribution is -2.49. The van der Waals surface area contributed by atoms with Crippen molar-refractivity contribution in [1.29, 1.82) is 0 Å². The monoisotopic (exact) mass is 217 g/mol. The highest BCUT2D eigenvalue weighted by atomic mass is 16.6. The van der Waals surface area contributed by atoms with E-state index in [2.05, 4.69) is 5.29 Å². The summed E-state index contributed by atoms with van der Waals surface area (Å²) in [5, 5.41) is 2.94. The van der Waals surface area contributed by atoms with Crippen LogP contribution in [0.2, 0.25) is 0 Å². The van der Waals surface area contributed by atoms with E-state index in [1.807, 2.05) is 13.8 Å². The summed E-state index contributed by atoms with van der Waals surface area (Å²) in [5.74, 6) is 0.435. The summed E-state index contributed by atoms with van der Waals surface area (Å²) in [4.78, 5) is 22.4. The first-order chi connectivity index (χ1) is 7.02. The van der Waals surface area contributed by atoms with E-state index in [1.54, 1.807) is 13.8 Å². The zero-order valence-electron chi connectivity index (χ0n) is 10.0. The molecule has 0 radical (unpaired) electrons. The molecule has 0 aliphatic heterocycles. The minimum absolute atomic E-state index is 0.274. The molecule has 0 heterocycles. The number of nitrogens with zero attached hydrogens (tertiary/aromatic N) is 2. The van der Waals surface area contributed by atoms with Crippen molar-refractivity contribution in [1.82, 2.24) is 0 Å². The van der Waals surface area contributed by atoms with Crippen molar-refractivity contribution in [3.63, 3.8) is 0 Å². The molecule has 5 nitrogen and oxygen atoms in total. The molecule has 0 aromatic heterocycles. The minimum Gasteiger partial charge on any atom is -0.419 e. The Hall–Kier alpha value is -0.970. The van der Waals surface area contributed by atoms with E-state index in [9.17, 15) is 9.70 Å². The summed E-state index contributed by atoms with van der Waals surface area (Å²) in [6.07, 6.45) is 0.230. The Morgan fingerprint density at radius 3 is 2.33 bits per heavy atom. The maximum atomic E-state index is 11.6. The smallest absolute Gasteiger partial charge is 0.419 e. The Kier molecular flexibility index (Phi) is 6.08. The summed E-state index contributed by atoms with van der Waals surface area (Å²) >= 11 is 0. The van der Waals surface area contributed by atoms with Crippen LogP contribution in [0.1, 0.15) is 34.1 Å². The Balaban J connectivity index is 4.56. The van der Waals surface area contributed by atoms with E-state index in [0.29, 0.717) is 19.0 Å². The van der Waals surface area contributed by atoms with Crippen LogP contribution >= 0.6 is 0 Å². The van der Waals surface area contributed by atoms with E-state index >= 15 is 0 Å². The molecule has 0 rings (SSSR count). The predicted molar refractivity (Wildman–Crippen MR) is 57.9 cm³/mol. The second kappa shape index (κ2) is 6.50. The predicted octanol–water partition coefficient (Wildman–Crippen LogP) is 2.71. The first-order valence-electron chi connectivity index (χ1n) is 5.41. The van der Waals surface area contributed by atoms with Gasteiger partial charge in [-0.2, -0.15) is 4.79 Å². The third-order valence-electron chi connectivity index (χ3n) is 2.36. The normalized spacial score (nSPS) is 14.7. The van der Waals surface area contributed by atoms with Crippen molar-refractivity contribution in [2.45, 2.75) is 34.1 Å². The van der Waals surface area contributed by atoms with Crippen LogP contribution in [0.3, 0.4) is 0 Å². The lowest BCUT2D eigenvalue weighted by molar-refractivity contribution is -0.865. The Bertz CT molecular complexity index is 219. The van der Waals surface area contributed by atoms with Crippen LogP contribution in [-0.4, -0.2) is 30.4 Å². The maximum Gasteiger partial charge on any atom is 0.546 e. The lowest BCUT2D eigenvalue weighted by Gasteiger charge is -2.23. The fourth-order valence-electron chi connectivity index (χ4n) is 1.23. The Morgan fingerprint density at radius 2 is 2.00 bits per heavy atom. The molecule has 0 N–H and O–H groups in total. The van der Waals surface area contributed by atoms with Crippen LogP contribution in [0.4, 0.5) is 4.79 Å². The maximum absolute atomic E-state index is 11.6. The molecule has 0 saturated carbocycles. The third-order valence-corrected chi connectivity index (χ3v) is 2.36. The molecule has 0 saturated heterocycles. The van der Waals surface area contributed by atoms with Crippen molar-refractivity contribution >= 4 is 6.09 Å². The number of ether oxygens (including phenoxy) is 1. The molecule has 0 fully saturated rings. The average Bonchev–Trinajstić information content (AvgIpc) is 2.20. The van der Waals surface area contributed by atoms with Gasteiger partial charge in [0.15, 0.2) is 5.29 Å². The molecular formula is C10H21N2O3+. The van der Waals surface area contributed by atoms with E-state index in [-0.39, 0.29) is 6.61 Å². The molecule has 1 amide bonds. The molecule has 0 aliphatic rings. The first kappa shape index (κ1) is 14.0. The van der Waals surface area contributed by atoms with Gasteiger partial charge in [-0.15, -0.1) is 0 Å². The van der Waals surface area contributed by atoms with Gasteiger partial charge in [-0.05, 0) is 19.8 Å². The van der Waals surface area contributed by atoms with Gasteiger partial charge in [0.05, 0.1) is 6.61 Å². The standard InChI is InChI=1S/C10H21N2O3/c1-5-12(11-14,8-7-9(3)4)10(13)15-6-2/h9H,5-8H2,1-4H3/q+1. The minimum atomic E-state index is -0.546. The molecule has 15 heavy (non-hydrogen) atoms. The van der Waals surface area contributed by atoms with E-state index < -0.39 is 10.7 Å². The zero-order chi connectivity index (χ0) is 11.9. The lowest BCUT2D eigenvalue weighted by atomic mass is 10.1.